The van der Waals surface area contributed by atoms with E-state index >= 15 is 0 Å². The number of thiophene rings is 1. The Morgan fingerprint density at radius 2 is 2.04 bits per heavy atom. The highest BCUT2D eigenvalue weighted by Crippen LogP contribution is 2.34. The molecule has 6 nitrogen and oxygen atoms in total. The molecule has 1 atom stereocenters. The third-order valence-corrected chi connectivity index (χ3v) is 6.04. The minimum atomic E-state index is -1.23. The molecule has 1 N–H and O–H groups in total. The first kappa shape index (κ1) is 18.0. The van der Waals surface area contributed by atoms with Crippen LogP contribution in [0.2, 0.25) is 10.0 Å². The minimum absolute atomic E-state index is 0.0104. The molecular formula is C18H13Cl2N3O3S. The average Bonchev–Trinajstić information content (AvgIpc) is 3.35. The van der Waals surface area contributed by atoms with Gasteiger partial charge >= 0.3 is 6.03 Å². The van der Waals surface area contributed by atoms with Gasteiger partial charge in [0.15, 0.2) is 5.76 Å². The molecule has 138 valence electrons. The number of amides is 3. The number of halogens is 2. The first-order valence-electron chi connectivity index (χ1n) is 7.97. The van der Waals surface area contributed by atoms with Crippen molar-refractivity contribution in [2.45, 2.75) is 19.0 Å². The van der Waals surface area contributed by atoms with E-state index in [4.69, 9.17) is 27.7 Å². The second-order valence-electron chi connectivity index (χ2n) is 6.24. The number of benzene rings is 1. The van der Waals surface area contributed by atoms with Crippen LogP contribution in [0.15, 0.2) is 46.3 Å². The molecule has 1 saturated heterocycles. The average molecular weight is 422 g/mol. The van der Waals surface area contributed by atoms with Crippen LogP contribution in [0.3, 0.4) is 0 Å². The van der Waals surface area contributed by atoms with Gasteiger partial charge in [-0.2, -0.15) is 0 Å². The van der Waals surface area contributed by atoms with Crippen LogP contribution in [0.1, 0.15) is 18.2 Å². The van der Waals surface area contributed by atoms with E-state index in [0.29, 0.717) is 27.1 Å². The first-order chi connectivity index (χ1) is 12.9. The molecule has 0 bridgehead atoms. The summed E-state index contributed by atoms with van der Waals surface area (Å²) < 4.78 is 5.31. The first-order valence-corrected chi connectivity index (χ1v) is 9.61. The van der Waals surface area contributed by atoms with E-state index in [1.54, 1.807) is 31.2 Å². The van der Waals surface area contributed by atoms with Gasteiger partial charge in [-0.1, -0.05) is 40.5 Å². The largest absolute Gasteiger partial charge is 0.355 e. The van der Waals surface area contributed by atoms with Gasteiger partial charge in [-0.3, -0.25) is 9.69 Å². The topological polar surface area (TPSA) is 75.4 Å². The molecule has 0 radical (unpaired) electrons. The Bertz CT molecular complexity index is 1030. The van der Waals surface area contributed by atoms with Crippen LogP contribution in [0.4, 0.5) is 4.79 Å². The van der Waals surface area contributed by atoms with Crippen molar-refractivity contribution in [3.8, 4) is 10.6 Å². The minimum Gasteiger partial charge on any atom is -0.355 e. The molecule has 2 aromatic heterocycles. The molecule has 3 heterocycles. The molecule has 3 aromatic rings. The second-order valence-corrected chi connectivity index (χ2v) is 8.00. The van der Waals surface area contributed by atoms with Gasteiger partial charge in [0.05, 0.1) is 21.5 Å². The summed E-state index contributed by atoms with van der Waals surface area (Å²) in [6.45, 7) is 1.64. The van der Waals surface area contributed by atoms with Crippen molar-refractivity contribution >= 4 is 46.5 Å². The zero-order chi connectivity index (χ0) is 19.2. The molecule has 1 aromatic carbocycles. The maximum Gasteiger partial charge on any atom is 0.325 e. The van der Waals surface area contributed by atoms with Crippen molar-refractivity contribution in [1.29, 1.82) is 0 Å². The number of nitrogens with zero attached hydrogens (tertiary/aromatic N) is 2. The third kappa shape index (κ3) is 3.12. The van der Waals surface area contributed by atoms with E-state index in [1.807, 2.05) is 17.5 Å². The lowest BCUT2D eigenvalue weighted by Crippen LogP contribution is -2.40. The Morgan fingerprint density at radius 1 is 1.22 bits per heavy atom. The molecule has 1 aliphatic heterocycles. The van der Waals surface area contributed by atoms with Gasteiger partial charge in [-0.05, 0) is 36.1 Å². The van der Waals surface area contributed by atoms with Crippen LogP contribution in [-0.2, 0) is 16.9 Å². The van der Waals surface area contributed by atoms with Gasteiger partial charge in [0.25, 0.3) is 5.91 Å². The molecule has 9 heteroatoms. The normalized spacial score (nSPS) is 19.6. The summed E-state index contributed by atoms with van der Waals surface area (Å²) in [6, 6.07) is 9.87. The highest BCUT2D eigenvalue weighted by molar-refractivity contribution is 7.13. The Hall–Kier alpha value is -2.35. The van der Waals surface area contributed by atoms with E-state index in [0.717, 1.165) is 9.78 Å². The summed E-state index contributed by atoms with van der Waals surface area (Å²) in [5.74, 6) is 0.200. The fourth-order valence-electron chi connectivity index (χ4n) is 2.93. The van der Waals surface area contributed by atoms with Crippen molar-refractivity contribution in [3.05, 3.63) is 63.1 Å². The summed E-state index contributed by atoms with van der Waals surface area (Å²) in [7, 11) is 0. The Labute approximate surface area is 168 Å². The number of hydrogen-bond donors (Lipinski definition) is 1. The standard InChI is InChI=1S/C18H13Cl2N3O3S/c1-18(10-4-5-12(19)13(20)7-10)16(24)23(17(25)21-18)9-11-8-14(26-22-11)15-3-2-6-27-15/h2-8H,9H2,1H3,(H,21,25). The molecule has 0 saturated carbocycles. The van der Waals surface area contributed by atoms with E-state index in [-0.39, 0.29) is 6.54 Å². The number of rotatable bonds is 4. The van der Waals surface area contributed by atoms with Crippen LogP contribution in [0.5, 0.6) is 0 Å². The number of nitrogens with one attached hydrogen (secondary N) is 1. The molecule has 27 heavy (non-hydrogen) atoms. The number of aromatic nitrogens is 1. The van der Waals surface area contributed by atoms with Crippen LogP contribution in [0.25, 0.3) is 10.6 Å². The van der Waals surface area contributed by atoms with Crippen LogP contribution >= 0.6 is 34.5 Å². The number of imide groups is 1. The lowest BCUT2D eigenvalue weighted by molar-refractivity contribution is -0.131. The SMILES string of the molecule is CC1(c2ccc(Cl)c(Cl)c2)NC(=O)N(Cc2cc(-c3cccs3)on2)C1=O. The van der Waals surface area contributed by atoms with Gasteiger partial charge in [-0.15, -0.1) is 11.3 Å². The molecular weight excluding hydrogens is 409 g/mol. The molecule has 0 aliphatic carbocycles. The number of urea groups is 1. The summed E-state index contributed by atoms with van der Waals surface area (Å²) in [4.78, 5) is 27.5. The van der Waals surface area contributed by atoms with Gasteiger partial charge in [0.1, 0.15) is 11.2 Å². The zero-order valence-corrected chi connectivity index (χ0v) is 16.4. The highest BCUT2D eigenvalue weighted by Gasteiger charge is 2.49. The quantitative estimate of drug-likeness (QED) is 0.620. The number of hydrogen-bond acceptors (Lipinski definition) is 5. The summed E-state index contributed by atoms with van der Waals surface area (Å²) >= 11 is 13.5. The van der Waals surface area contributed by atoms with E-state index < -0.39 is 17.5 Å². The van der Waals surface area contributed by atoms with Gasteiger partial charge in [0.2, 0.25) is 0 Å². The fourth-order valence-corrected chi connectivity index (χ4v) is 3.90. The fraction of sp³-hybridized carbons (Fsp3) is 0.167. The monoisotopic (exact) mass is 421 g/mol. The molecule has 1 fully saturated rings. The summed E-state index contributed by atoms with van der Waals surface area (Å²) in [6.07, 6.45) is 0. The zero-order valence-electron chi connectivity index (χ0n) is 14.0. The van der Waals surface area contributed by atoms with Crippen molar-refractivity contribution in [3.63, 3.8) is 0 Å². The van der Waals surface area contributed by atoms with E-state index in [1.165, 1.54) is 11.3 Å². The Morgan fingerprint density at radius 3 is 2.74 bits per heavy atom. The molecule has 1 aliphatic rings. The maximum atomic E-state index is 13.0. The summed E-state index contributed by atoms with van der Waals surface area (Å²) in [5.41, 5.74) is -0.191. The molecule has 1 unspecified atom stereocenters. The smallest absolute Gasteiger partial charge is 0.325 e. The second kappa shape index (κ2) is 6.67. The number of carbonyl (C=O) groups excluding carboxylic acids is 2. The van der Waals surface area contributed by atoms with Gasteiger partial charge < -0.3 is 9.84 Å². The van der Waals surface area contributed by atoms with Gasteiger partial charge in [0, 0.05) is 6.07 Å². The van der Waals surface area contributed by atoms with Crippen molar-refractivity contribution in [2.75, 3.05) is 0 Å². The lowest BCUT2D eigenvalue weighted by Gasteiger charge is -2.22. The van der Waals surface area contributed by atoms with Crippen molar-refractivity contribution < 1.29 is 14.1 Å². The Kier molecular flexibility index (Phi) is 4.46. The lowest BCUT2D eigenvalue weighted by atomic mass is 9.92. The molecule has 3 amide bonds. The van der Waals surface area contributed by atoms with E-state index in [2.05, 4.69) is 10.5 Å². The van der Waals surface area contributed by atoms with Crippen LogP contribution < -0.4 is 5.32 Å². The Balaban J connectivity index is 1.59. The maximum absolute atomic E-state index is 13.0. The number of carbonyl (C=O) groups is 2. The molecule has 4 rings (SSSR count). The van der Waals surface area contributed by atoms with E-state index in [9.17, 15) is 9.59 Å². The predicted molar refractivity (Wildman–Crippen MR) is 103 cm³/mol. The van der Waals surface area contributed by atoms with Gasteiger partial charge in [-0.25, -0.2) is 4.79 Å². The third-order valence-electron chi connectivity index (χ3n) is 4.42. The molecule has 0 spiro atoms. The van der Waals surface area contributed by atoms with Crippen LogP contribution in [-0.4, -0.2) is 22.0 Å². The van der Waals surface area contributed by atoms with Crippen molar-refractivity contribution in [1.82, 2.24) is 15.4 Å². The summed E-state index contributed by atoms with van der Waals surface area (Å²) in [5, 5.41) is 9.31. The van der Waals surface area contributed by atoms with Crippen LogP contribution in [0, 0.1) is 0 Å². The highest BCUT2D eigenvalue weighted by atomic mass is 35.5. The predicted octanol–water partition coefficient (Wildman–Crippen LogP) is 4.68. The van der Waals surface area contributed by atoms with Crippen molar-refractivity contribution in [2.24, 2.45) is 0 Å².